The fraction of sp³-hybridized carbons (Fsp3) is 0.333. The van der Waals surface area contributed by atoms with Gasteiger partial charge in [-0.15, -0.1) is 11.3 Å². The molecule has 3 heterocycles. The molecule has 2 aromatic rings. The lowest BCUT2D eigenvalue weighted by atomic mass is 10.1. The molecule has 1 fully saturated rings. The van der Waals surface area contributed by atoms with Crippen molar-refractivity contribution in [3.8, 4) is 0 Å². The van der Waals surface area contributed by atoms with Crippen molar-refractivity contribution >= 4 is 28.2 Å². The summed E-state index contributed by atoms with van der Waals surface area (Å²) < 4.78 is 1.42. The zero-order chi connectivity index (χ0) is 14.5. The maximum Gasteiger partial charge on any atom is 0.325 e. The number of carbonyl (C=O) groups excluding carboxylic acids is 2. The van der Waals surface area contributed by atoms with E-state index in [4.69, 9.17) is 0 Å². The summed E-state index contributed by atoms with van der Waals surface area (Å²) in [5.74, 6) is -0.323. The minimum atomic E-state index is -0.917. The van der Waals surface area contributed by atoms with Crippen molar-refractivity contribution < 1.29 is 9.59 Å². The Bertz CT molecular complexity index is 776. The normalized spacial score (nSPS) is 17.8. The minimum absolute atomic E-state index is 0.00225. The summed E-state index contributed by atoms with van der Waals surface area (Å²) in [5, 5.41) is 4.34. The zero-order valence-corrected chi connectivity index (χ0v) is 11.7. The van der Waals surface area contributed by atoms with Crippen molar-refractivity contribution in [2.24, 2.45) is 0 Å². The van der Waals surface area contributed by atoms with Gasteiger partial charge in [0.15, 0.2) is 4.96 Å². The monoisotopic (exact) mass is 292 g/mol. The first kappa shape index (κ1) is 12.8. The molecular formula is C12H12N4O3S. The molecule has 3 amide bonds. The van der Waals surface area contributed by atoms with Crippen LogP contribution in [0, 0.1) is 0 Å². The Morgan fingerprint density at radius 2 is 2.10 bits per heavy atom. The van der Waals surface area contributed by atoms with Gasteiger partial charge in [-0.05, 0) is 13.8 Å². The number of nitrogens with zero attached hydrogens (tertiary/aromatic N) is 3. The van der Waals surface area contributed by atoms with Crippen LogP contribution in [0.1, 0.15) is 19.5 Å². The molecule has 3 rings (SSSR count). The SMILES string of the molecule is CC1(C)NC(=O)N(Cc2cc(=O)n3ccsc3n2)C1=O. The van der Waals surface area contributed by atoms with E-state index < -0.39 is 11.6 Å². The molecule has 0 atom stereocenters. The van der Waals surface area contributed by atoms with Gasteiger partial charge >= 0.3 is 6.03 Å². The first-order chi connectivity index (χ1) is 9.38. The Hall–Kier alpha value is -2.22. The maximum atomic E-state index is 12.1. The van der Waals surface area contributed by atoms with Crippen LogP contribution in [-0.4, -0.2) is 31.8 Å². The van der Waals surface area contributed by atoms with E-state index in [0.717, 1.165) is 4.90 Å². The Labute approximate surface area is 117 Å². The second kappa shape index (κ2) is 4.14. The number of rotatable bonds is 2. The molecule has 2 aromatic heterocycles. The van der Waals surface area contributed by atoms with Crippen molar-refractivity contribution in [2.75, 3.05) is 0 Å². The molecule has 0 aliphatic carbocycles. The number of urea groups is 1. The second-order valence-electron chi connectivity index (χ2n) is 5.09. The van der Waals surface area contributed by atoms with Crippen molar-refractivity contribution in [1.82, 2.24) is 19.6 Å². The van der Waals surface area contributed by atoms with Gasteiger partial charge in [0, 0.05) is 17.6 Å². The molecule has 1 aliphatic heterocycles. The summed E-state index contributed by atoms with van der Waals surface area (Å²) in [6.45, 7) is 3.27. The largest absolute Gasteiger partial charge is 0.325 e. The molecule has 20 heavy (non-hydrogen) atoms. The molecule has 0 bridgehead atoms. The van der Waals surface area contributed by atoms with Crippen LogP contribution >= 0.6 is 11.3 Å². The summed E-state index contributed by atoms with van der Waals surface area (Å²) in [5.41, 5.74) is -0.740. The topological polar surface area (TPSA) is 83.8 Å². The Balaban J connectivity index is 1.96. The number of fused-ring (bicyclic) bond motifs is 1. The summed E-state index contributed by atoms with van der Waals surface area (Å²) in [6, 6.07) is 0.874. The molecule has 1 aliphatic rings. The van der Waals surface area contributed by atoms with Gasteiger partial charge in [-0.25, -0.2) is 9.78 Å². The first-order valence-corrected chi connectivity index (χ1v) is 6.86. The zero-order valence-electron chi connectivity index (χ0n) is 10.9. The second-order valence-corrected chi connectivity index (χ2v) is 5.96. The summed E-state index contributed by atoms with van der Waals surface area (Å²) in [7, 11) is 0. The molecule has 104 valence electrons. The lowest BCUT2D eigenvalue weighted by Crippen LogP contribution is -2.40. The molecule has 0 spiro atoms. The first-order valence-electron chi connectivity index (χ1n) is 5.98. The third-order valence-corrected chi connectivity index (χ3v) is 3.88. The van der Waals surface area contributed by atoms with Crippen LogP contribution in [0.4, 0.5) is 4.79 Å². The van der Waals surface area contributed by atoms with E-state index in [1.165, 1.54) is 21.8 Å². The van der Waals surface area contributed by atoms with Crippen molar-refractivity contribution in [2.45, 2.75) is 25.9 Å². The number of nitrogens with one attached hydrogen (secondary N) is 1. The molecule has 0 aromatic carbocycles. The smallest absolute Gasteiger partial charge is 0.324 e. The highest BCUT2D eigenvalue weighted by Crippen LogP contribution is 2.18. The van der Waals surface area contributed by atoms with Crippen molar-refractivity contribution in [3.05, 3.63) is 33.7 Å². The molecule has 0 saturated carbocycles. The van der Waals surface area contributed by atoms with Gasteiger partial charge in [-0.3, -0.25) is 18.9 Å². The molecule has 7 nitrogen and oxygen atoms in total. The van der Waals surface area contributed by atoms with Gasteiger partial charge in [0.1, 0.15) is 5.54 Å². The van der Waals surface area contributed by atoms with Crippen LogP contribution in [-0.2, 0) is 11.3 Å². The Kier molecular flexibility index (Phi) is 2.65. The fourth-order valence-corrected chi connectivity index (χ4v) is 2.83. The fourth-order valence-electron chi connectivity index (χ4n) is 2.09. The van der Waals surface area contributed by atoms with Gasteiger partial charge in [0.05, 0.1) is 12.2 Å². The highest BCUT2D eigenvalue weighted by Gasteiger charge is 2.44. The quantitative estimate of drug-likeness (QED) is 0.821. The molecular weight excluding hydrogens is 280 g/mol. The Morgan fingerprint density at radius 1 is 1.35 bits per heavy atom. The predicted octanol–water partition coefficient (Wildman–Crippen LogP) is 0.586. The highest BCUT2D eigenvalue weighted by atomic mass is 32.1. The van der Waals surface area contributed by atoms with E-state index >= 15 is 0 Å². The molecule has 0 unspecified atom stereocenters. The number of amides is 3. The standard InChI is InChI=1S/C12H12N4O3S/c1-12(2)9(18)16(10(19)14-12)6-7-5-8(17)15-3-4-20-11(15)13-7/h3-5H,6H2,1-2H3,(H,14,19). The predicted molar refractivity (Wildman–Crippen MR) is 72.5 cm³/mol. The van der Waals surface area contributed by atoms with Crippen molar-refractivity contribution in [1.29, 1.82) is 0 Å². The molecule has 8 heteroatoms. The van der Waals surface area contributed by atoms with Gasteiger partial charge in [-0.2, -0.15) is 0 Å². The van der Waals surface area contributed by atoms with Crippen LogP contribution in [0.15, 0.2) is 22.4 Å². The van der Waals surface area contributed by atoms with Crippen LogP contribution in [0.25, 0.3) is 4.96 Å². The third kappa shape index (κ3) is 1.88. The molecule has 0 radical (unpaired) electrons. The van der Waals surface area contributed by atoms with E-state index in [-0.39, 0.29) is 18.0 Å². The lowest BCUT2D eigenvalue weighted by Gasteiger charge is -2.15. The van der Waals surface area contributed by atoms with Gasteiger partial charge < -0.3 is 5.32 Å². The van der Waals surface area contributed by atoms with Crippen LogP contribution in [0.2, 0.25) is 0 Å². The average Bonchev–Trinajstić information content (AvgIpc) is 2.89. The number of aromatic nitrogens is 2. The van der Waals surface area contributed by atoms with Gasteiger partial charge in [0.2, 0.25) is 0 Å². The van der Waals surface area contributed by atoms with Crippen LogP contribution < -0.4 is 10.9 Å². The third-order valence-electron chi connectivity index (χ3n) is 3.12. The summed E-state index contributed by atoms with van der Waals surface area (Å²) in [4.78, 5) is 41.6. The average molecular weight is 292 g/mol. The molecule has 1 saturated heterocycles. The Morgan fingerprint density at radius 3 is 2.75 bits per heavy atom. The lowest BCUT2D eigenvalue weighted by molar-refractivity contribution is -0.130. The number of hydrogen-bond acceptors (Lipinski definition) is 5. The number of thiazole rings is 1. The van der Waals surface area contributed by atoms with E-state index in [2.05, 4.69) is 10.3 Å². The van der Waals surface area contributed by atoms with Crippen molar-refractivity contribution in [3.63, 3.8) is 0 Å². The van der Waals surface area contributed by atoms with Crippen LogP contribution in [0.5, 0.6) is 0 Å². The summed E-state index contributed by atoms with van der Waals surface area (Å²) in [6.07, 6.45) is 1.63. The van der Waals surface area contributed by atoms with E-state index in [0.29, 0.717) is 10.7 Å². The number of imide groups is 1. The molecule has 1 N–H and O–H groups in total. The minimum Gasteiger partial charge on any atom is -0.324 e. The number of hydrogen-bond donors (Lipinski definition) is 1. The summed E-state index contributed by atoms with van der Waals surface area (Å²) >= 11 is 1.32. The van der Waals surface area contributed by atoms with Crippen LogP contribution in [0.3, 0.4) is 0 Å². The van der Waals surface area contributed by atoms with Gasteiger partial charge in [0.25, 0.3) is 11.5 Å². The van der Waals surface area contributed by atoms with E-state index in [1.54, 1.807) is 25.4 Å². The van der Waals surface area contributed by atoms with E-state index in [1.807, 2.05) is 0 Å². The highest BCUT2D eigenvalue weighted by molar-refractivity contribution is 7.15. The number of carbonyl (C=O) groups is 2. The van der Waals surface area contributed by atoms with Gasteiger partial charge in [-0.1, -0.05) is 0 Å². The van der Waals surface area contributed by atoms with E-state index in [9.17, 15) is 14.4 Å². The maximum absolute atomic E-state index is 12.1.